The third kappa shape index (κ3) is 7.15. The van der Waals surface area contributed by atoms with Crippen LogP contribution in [-0.4, -0.2) is 30.1 Å². The number of thioether (sulfide) groups is 1. The summed E-state index contributed by atoms with van der Waals surface area (Å²) in [7, 11) is 1.37. The Balaban J connectivity index is 1.40. The van der Waals surface area contributed by atoms with Gasteiger partial charge in [-0.05, 0) is 74.1 Å². The summed E-state index contributed by atoms with van der Waals surface area (Å²) in [5.41, 5.74) is 3.05. The summed E-state index contributed by atoms with van der Waals surface area (Å²) < 4.78 is 5.04. The van der Waals surface area contributed by atoms with E-state index < -0.39 is 11.2 Å². The van der Waals surface area contributed by atoms with Crippen molar-refractivity contribution in [2.45, 2.75) is 55.6 Å². The Hall–Kier alpha value is -2.81. The Kier molecular flexibility index (Phi) is 9.29. The van der Waals surface area contributed by atoms with Gasteiger partial charge in [0.15, 0.2) is 0 Å². The first-order chi connectivity index (χ1) is 17.8. The molecular formula is C28H29ClN2O4S2. The molecule has 0 bridgehead atoms. The number of carbonyl (C=O) groups is 3. The maximum Gasteiger partial charge on any atom is 0.341 e. The van der Waals surface area contributed by atoms with E-state index in [1.54, 1.807) is 12.1 Å². The molecule has 9 heteroatoms. The average Bonchev–Trinajstić information content (AvgIpc) is 3.04. The number of thiophene rings is 1. The van der Waals surface area contributed by atoms with Crippen LogP contribution in [0.2, 0.25) is 5.02 Å². The second kappa shape index (κ2) is 12.6. The van der Waals surface area contributed by atoms with Crippen molar-refractivity contribution >= 4 is 63.2 Å². The second-order valence-electron chi connectivity index (χ2n) is 8.89. The number of esters is 1. The number of nitrogens with one attached hydrogen (secondary N) is 2. The van der Waals surface area contributed by atoms with Crippen molar-refractivity contribution in [1.29, 1.82) is 0 Å². The minimum atomic E-state index is -0.424. The fraction of sp³-hybridized carbons (Fsp3) is 0.321. The standard InChI is InChI=1S/C28H29ClN2O4S2/c1-17(26(33)31-27-25(28(34)35-2)22-9-4-3-5-10-23(22)37-27)36-21-8-6-7-20(16-21)30-24(32)15-18-11-13-19(29)14-12-18/h6-8,11-14,16-17H,3-5,9-10,15H2,1-2H3,(H,30,32)(H,31,33). The monoisotopic (exact) mass is 556 g/mol. The van der Waals surface area contributed by atoms with E-state index in [4.69, 9.17) is 16.3 Å². The zero-order valence-electron chi connectivity index (χ0n) is 20.8. The van der Waals surface area contributed by atoms with Gasteiger partial charge in [0.05, 0.1) is 24.3 Å². The van der Waals surface area contributed by atoms with Gasteiger partial charge < -0.3 is 15.4 Å². The maximum absolute atomic E-state index is 13.1. The van der Waals surface area contributed by atoms with E-state index in [-0.39, 0.29) is 18.2 Å². The molecule has 194 valence electrons. The molecule has 0 saturated heterocycles. The van der Waals surface area contributed by atoms with Crippen LogP contribution in [0.5, 0.6) is 0 Å². The van der Waals surface area contributed by atoms with Crippen molar-refractivity contribution in [3.05, 3.63) is 75.1 Å². The molecule has 2 amide bonds. The molecule has 1 atom stereocenters. The van der Waals surface area contributed by atoms with Crippen LogP contribution in [0.3, 0.4) is 0 Å². The molecule has 1 heterocycles. The van der Waals surface area contributed by atoms with Crippen LogP contribution in [0.25, 0.3) is 0 Å². The normalized spacial score (nSPS) is 13.7. The molecule has 1 aliphatic carbocycles. The Morgan fingerprint density at radius 2 is 1.81 bits per heavy atom. The lowest BCUT2D eigenvalue weighted by Crippen LogP contribution is -2.23. The minimum absolute atomic E-state index is 0.136. The van der Waals surface area contributed by atoms with E-state index in [1.807, 2.05) is 43.3 Å². The third-order valence-electron chi connectivity index (χ3n) is 6.13. The van der Waals surface area contributed by atoms with Crippen LogP contribution in [0.1, 0.15) is 52.5 Å². The van der Waals surface area contributed by atoms with Gasteiger partial charge in [-0.25, -0.2) is 4.79 Å². The number of carbonyl (C=O) groups excluding carboxylic acids is 3. The van der Waals surface area contributed by atoms with E-state index in [2.05, 4.69) is 10.6 Å². The zero-order chi connectivity index (χ0) is 26.4. The number of aryl methyl sites for hydroxylation is 1. The topological polar surface area (TPSA) is 84.5 Å². The SMILES string of the molecule is COC(=O)c1c(NC(=O)C(C)Sc2cccc(NC(=O)Cc3ccc(Cl)cc3)c2)sc2c1CCCCC2. The maximum atomic E-state index is 13.1. The molecular weight excluding hydrogens is 528 g/mol. The minimum Gasteiger partial charge on any atom is -0.465 e. The van der Waals surface area contributed by atoms with E-state index in [9.17, 15) is 14.4 Å². The van der Waals surface area contributed by atoms with Crippen LogP contribution < -0.4 is 10.6 Å². The highest BCUT2D eigenvalue weighted by atomic mass is 35.5. The molecule has 0 fully saturated rings. The van der Waals surface area contributed by atoms with Gasteiger partial charge in [0, 0.05) is 20.5 Å². The molecule has 37 heavy (non-hydrogen) atoms. The largest absolute Gasteiger partial charge is 0.465 e. The van der Waals surface area contributed by atoms with Crippen molar-refractivity contribution in [3.8, 4) is 0 Å². The molecule has 1 aromatic heterocycles. The van der Waals surface area contributed by atoms with Gasteiger partial charge in [-0.15, -0.1) is 23.1 Å². The summed E-state index contributed by atoms with van der Waals surface area (Å²) >= 11 is 8.78. The number of fused-ring (bicyclic) bond motifs is 1. The van der Waals surface area contributed by atoms with Gasteiger partial charge in [-0.2, -0.15) is 0 Å². The van der Waals surface area contributed by atoms with Crippen molar-refractivity contribution in [3.63, 3.8) is 0 Å². The highest BCUT2D eigenvalue weighted by Crippen LogP contribution is 2.38. The predicted molar refractivity (Wildman–Crippen MR) is 151 cm³/mol. The first-order valence-corrected chi connectivity index (χ1v) is 14.3. The summed E-state index contributed by atoms with van der Waals surface area (Å²) in [5, 5.41) is 6.66. The van der Waals surface area contributed by atoms with Crippen LogP contribution in [0.15, 0.2) is 53.4 Å². The van der Waals surface area contributed by atoms with Crippen molar-refractivity contribution in [2.75, 3.05) is 17.7 Å². The van der Waals surface area contributed by atoms with Gasteiger partial charge in [-0.3, -0.25) is 9.59 Å². The van der Waals surface area contributed by atoms with Crippen LogP contribution in [-0.2, 0) is 33.6 Å². The molecule has 3 aromatic rings. The van der Waals surface area contributed by atoms with Crippen LogP contribution in [0.4, 0.5) is 10.7 Å². The Morgan fingerprint density at radius 3 is 2.57 bits per heavy atom. The number of methoxy groups -OCH3 is 1. The molecule has 1 unspecified atom stereocenters. The van der Waals surface area contributed by atoms with Crippen LogP contribution in [0, 0.1) is 0 Å². The molecule has 1 aliphatic rings. The first kappa shape index (κ1) is 27.2. The molecule has 0 saturated carbocycles. The van der Waals surface area contributed by atoms with Gasteiger partial charge in [0.25, 0.3) is 0 Å². The van der Waals surface area contributed by atoms with Gasteiger partial charge in [0.2, 0.25) is 11.8 Å². The lowest BCUT2D eigenvalue weighted by Gasteiger charge is -2.13. The Bertz CT molecular complexity index is 1290. The first-order valence-electron chi connectivity index (χ1n) is 12.2. The lowest BCUT2D eigenvalue weighted by atomic mass is 10.1. The fourth-order valence-electron chi connectivity index (χ4n) is 4.26. The molecule has 0 aliphatic heterocycles. The van der Waals surface area contributed by atoms with Crippen molar-refractivity contribution in [1.82, 2.24) is 0 Å². The summed E-state index contributed by atoms with van der Waals surface area (Å²) in [4.78, 5) is 40.1. The quantitative estimate of drug-likeness (QED) is 0.182. The predicted octanol–water partition coefficient (Wildman–Crippen LogP) is 6.76. The molecule has 6 nitrogen and oxygen atoms in total. The number of benzene rings is 2. The van der Waals surface area contributed by atoms with Gasteiger partial charge >= 0.3 is 5.97 Å². The van der Waals surface area contributed by atoms with Crippen molar-refractivity contribution < 1.29 is 19.1 Å². The van der Waals surface area contributed by atoms with Crippen molar-refractivity contribution in [2.24, 2.45) is 0 Å². The third-order valence-corrected chi connectivity index (χ3v) is 8.68. The smallest absolute Gasteiger partial charge is 0.341 e. The molecule has 4 rings (SSSR count). The highest BCUT2D eigenvalue weighted by molar-refractivity contribution is 8.00. The average molecular weight is 557 g/mol. The van der Waals surface area contributed by atoms with E-state index in [1.165, 1.54) is 30.2 Å². The van der Waals surface area contributed by atoms with E-state index in [0.717, 1.165) is 53.0 Å². The molecule has 2 aromatic carbocycles. The lowest BCUT2D eigenvalue weighted by molar-refractivity contribution is -0.116. The number of hydrogen-bond acceptors (Lipinski definition) is 6. The Morgan fingerprint density at radius 1 is 1.05 bits per heavy atom. The second-order valence-corrected chi connectivity index (χ2v) is 11.8. The number of rotatable bonds is 8. The van der Waals surface area contributed by atoms with Gasteiger partial charge in [0.1, 0.15) is 5.00 Å². The van der Waals surface area contributed by atoms with E-state index >= 15 is 0 Å². The molecule has 2 N–H and O–H groups in total. The number of halogens is 1. The summed E-state index contributed by atoms with van der Waals surface area (Å²) in [6.07, 6.45) is 5.23. The summed E-state index contributed by atoms with van der Waals surface area (Å²) in [5.74, 6) is -0.733. The number of ether oxygens (including phenoxy) is 1. The highest BCUT2D eigenvalue weighted by Gasteiger charge is 2.27. The Labute approximate surface area is 230 Å². The molecule has 0 radical (unpaired) electrons. The van der Waals surface area contributed by atoms with E-state index in [0.29, 0.717) is 21.3 Å². The number of anilines is 2. The van der Waals surface area contributed by atoms with Crippen LogP contribution >= 0.6 is 34.7 Å². The van der Waals surface area contributed by atoms with Gasteiger partial charge in [-0.1, -0.05) is 36.2 Å². The summed E-state index contributed by atoms with van der Waals surface area (Å²) in [6.45, 7) is 1.82. The number of hydrogen-bond donors (Lipinski definition) is 2. The zero-order valence-corrected chi connectivity index (χ0v) is 23.2. The molecule has 0 spiro atoms. The summed E-state index contributed by atoms with van der Waals surface area (Å²) in [6, 6.07) is 14.6. The fourth-order valence-corrected chi connectivity index (χ4v) is 6.59. The number of amides is 2.